The number of nitrogens with one attached hydrogen (secondary N) is 2. The van der Waals surface area contributed by atoms with E-state index in [0.29, 0.717) is 16.4 Å². The third-order valence-corrected chi connectivity index (χ3v) is 7.32. The molecule has 3 aromatic rings. The molecule has 1 heterocycles. The smallest absolute Gasteiger partial charge is 0.262 e. The van der Waals surface area contributed by atoms with Crippen LogP contribution < -0.4 is 10.0 Å². The predicted octanol–water partition coefficient (Wildman–Crippen LogP) is 4.32. The van der Waals surface area contributed by atoms with Gasteiger partial charge in [-0.15, -0.1) is 10.2 Å². The molecule has 0 saturated carbocycles. The Morgan fingerprint density at radius 1 is 1.10 bits per heavy atom. The average Bonchev–Trinajstić information content (AvgIpc) is 3.11. The van der Waals surface area contributed by atoms with Gasteiger partial charge in [-0.05, 0) is 49.4 Å². The Kier molecular flexibility index (Phi) is 6.56. The van der Waals surface area contributed by atoms with Gasteiger partial charge in [0.2, 0.25) is 5.13 Å². The molecule has 0 aliphatic rings. The lowest BCUT2D eigenvalue weighted by Gasteiger charge is -2.12. The number of benzene rings is 2. The van der Waals surface area contributed by atoms with Crippen molar-refractivity contribution in [3.8, 4) is 0 Å². The summed E-state index contributed by atoms with van der Waals surface area (Å²) in [5, 5.41) is 11.0. The van der Waals surface area contributed by atoms with Crippen molar-refractivity contribution in [1.29, 1.82) is 0 Å². The number of aryl methyl sites for hydroxylation is 2. The average molecular weight is 449 g/mol. The van der Waals surface area contributed by atoms with E-state index in [9.17, 15) is 13.2 Å². The number of rotatable bonds is 7. The van der Waals surface area contributed by atoms with Crippen molar-refractivity contribution in [3.05, 3.63) is 59.2 Å². The molecule has 0 aliphatic heterocycles. The number of thioether (sulfide) groups is 1. The van der Waals surface area contributed by atoms with E-state index >= 15 is 0 Å². The SMILES string of the molecule is CCSc1nnc(NC(=O)c2ccc(C)c(S(=O)(=O)Nc3ccc(C)cc3)c2)s1. The summed E-state index contributed by atoms with van der Waals surface area (Å²) >= 11 is 2.81. The molecule has 0 bridgehead atoms. The number of aromatic nitrogens is 2. The van der Waals surface area contributed by atoms with E-state index in [4.69, 9.17) is 0 Å². The molecule has 0 unspecified atom stereocenters. The standard InChI is InChI=1S/C19H20N4O3S3/c1-4-27-19-22-21-18(28-19)20-17(24)14-8-7-13(3)16(11-14)29(25,26)23-15-9-5-12(2)6-10-15/h5-11,23H,4H2,1-3H3,(H,20,21,24). The highest BCUT2D eigenvalue weighted by molar-refractivity contribution is 8.01. The van der Waals surface area contributed by atoms with Crippen molar-refractivity contribution < 1.29 is 13.2 Å². The van der Waals surface area contributed by atoms with Gasteiger partial charge in [0.15, 0.2) is 4.34 Å². The maximum absolute atomic E-state index is 12.8. The zero-order chi connectivity index (χ0) is 21.0. The summed E-state index contributed by atoms with van der Waals surface area (Å²) in [7, 11) is -3.85. The Balaban J connectivity index is 1.82. The molecule has 10 heteroatoms. The highest BCUT2D eigenvalue weighted by Gasteiger charge is 2.20. The Labute approximate surface area is 178 Å². The minimum atomic E-state index is -3.85. The number of sulfonamides is 1. The largest absolute Gasteiger partial charge is 0.296 e. The fourth-order valence-corrected chi connectivity index (χ4v) is 5.45. The summed E-state index contributed by atoms with van der Waals surface area (Å²) in [5.74, 6) is 0.413. The van der Waals surface area contributed by atoms with Gasteiger partial charge in [-0.25, -0.2) is 8.42 Å². The normalized spacial score (nSPS) is 11.3. The van der Waals surface area contributed by atoms with Crippen molar-refractivity contribution in [2.24, 2.45) is 0 Å². The fourth-order valence-electron chi connectivity index (χ4n) is 2.47. The first-order chi connectivity index (χ1) is 13.8. The molecule has 1 aromatic heterocycles. The van der Waals surface area contributed by atoms with E-state index in [1.165, 1.54) is 29.2 Å². The van der Waals surface area contributed by atoms with Crippen LogP contribution in [-0.4, -0.2) is 30.3 Å². The molecule has 3 rings (SSSR count). The molecule has 2 N–H and O–H groups in total. The second-order valence-corrected chi connectivity index (χ2v) is 10.4. The first kappa shape index (κ1) is 21.3. The molecular weight excluding hydrogens is 428 g/mol. The van der Waals surface area contributed by atoms with Crippen molar-refractivity contribution >= 4 is 49.8 Å². The molecule has 0 saturated heterocycles. The Morgan fingerprint density at radius 3 is 2.52 bits per heavy atom. The molecule has 0 atom stereocenters. The van der Waals surface area contributed by atoms with Gasteiger partial charge >= 0.3 is 0 Å². The van der Waals surface area contributed by atoms with Gasteiger partial charge < -0.3 is 0 Å². The first-order valence-corrected chi connectivity index (χ1v) is 12.0. The van der Waals surface area contributed by atoms with Crippen LogP contribution in [0.15, 0.2) is 51.7 Å². The van der Waals surface area contributed by atoms with Crippen LogP contribution in [0.2, 0.25) is 0 Å². The van der Waals surface area contributed by atoms with E-state index in [1.54, 1.807) is 31.2 Å². The van der Waals surface area contributed by atoms with Crippen LogP contribution in [0.1, 0.15) is 28.4 Å². The molecule has 1 amide bonds. The van der Waals surface area contributed by atoms with Crippen molar-refractivity contribution in [1.82, 2.24) is 10.2 Å². The minimum Gasteiger partial charge on any atom is -0.296 e. The number of hydrogen-bond acceptors (Lipinski definition) is 7. The highest BCUT2D eigenvalue weighted by Crippen LogP contribution is 2.26. The van der Waals surface area contributed by atoms with Gasteiger partial charge in [0.25, 0.3) is 15.9 Å². The van der Waals surface area contributed by atoms with Crippen LogP contribution in [0.4, 0.5) is 10.8 Å². The zero-order valence-corrected chi connectivity index (χ0v) is 18.5. The van der Waals surface area contributed by atoms with Gasteiger partial charge in [0.05, 0.1) is 4.90 Å². The summed E-state index contributed by atoms with van der Waals surface area (Å²) in [4.78, 5) is 12.6. The molecule has 29 heavy (non-hydrogen) atoms. The lowest BCUT2D eigenvalue weighted by atomic mass is 10.1. The number of carbonyl (C=O) groups is 1. The van der Waals surface area contributed by atoms with Crippen molar-refractivity contribution in [2.75, 3.05) is 15.8 Å². The van der Waals surface area contributed by atoms with Crippen molar-refractivity contribution in [2.45, 2.75) is 30.0 Å². The summed E-state index contributed by atoms with van der Waals surface area (Å²) in [5.41, 5.74) is 2.25. The summed E-state index contributed by atoms with van der Waals surface area (Å²) in [6, 6.07) is 11.6. The van der Waals surface area contributed by atoms with Gasteiger partial charge in [0.1, 0.15) is 0 Å². The van der Waals surface area contributed by atoms with Crippen LogP contribution in [0.5, 0.6) is 0 Å². The number of hydrogen-bond donors (Lipinski definition) is 2. The first-order valence-electron chi connectivity index (χ1n) is 8.76. The van der Waals surface area contributed by atoms with Crippen LogP contribution in [-0.2, 0) is 10.0 Å². The molecule has 152 valence electrons. The molecule has 0 fully saturated rings. The van der Waals surface area contributed by atoms with E-state index in [0.717, 1.165) is 15.7 Å². The lowest BCUT2D eigenvalue weighted by molar-refractivity contribution is 0.102. The third kappa shape index (κ3) is 5.34. The van der Waals surface area contributed by atoms with Crippen molar-refractivity contribution in [3.63, 3.8) is 0 Å². The molecule has 2 aromatic carbocycles. The maximum Gasteiger partial charge on any atom is 0.262 e. The lowest BCUT2D eigenvalue weighted by Crippen LogP contribution is -2.17. The minimum absolute atomic E-state index is 0.0465. The topological polar surface area (TPSA) is 101 Å². The van der Waals surface area contributed by atoms with E-state index < -0.39 is 15.9 Å². The Bertz CT molecular complexity index is 1130. The number of nitrogens with zero attached hydrogens (tertiary/aromatic N) is 2. The van der Waals surface area contributed by atoms with Gasteiger partial charge in [0, 0.05) is 11.3 Å². The molecule has 0 radical (unpaired) electrons. The zero-order valence-electron chi connectivity index (χ0n) is 16.1. The summed E-state index contributed by atoms with van der Waals surface area (Å²) in [6.07, 6.45) is 0. The molecule has 0 aliphatic carbocycles. The third-order valence-electron chi connectivity index (χ3n) is 3.94. The number of carbonyl (C=O) groups excluding carboxylic acids is 1. The summed E-state index contributed by atoms with van der Waals surface area (Å²) < 4.78 is 29.0. The van der Waals surface area contributed by atoms with Crippen LogP contribution in [0.25, 0.3) is 0 Å². The monoisotopic (exact) mass is 448 g/mol. The van der Waals surface area contributed by atoms with E-state index in [2.05, 4.69) is 20.2 Å². The Hall–Kier alpha value is -2.43. The quantitative estimate of drug-likeness (QED) is 0.412. The molecule has 0 spiro atoms. The molecular formula is C19H20N4O3S3. The number of amides is 1. The Morgan fingerprint density at radius 2 is 1.83 bits per heavy atom. The van der Waals surface area contributed by atoms with Crippen LogP contribution >= 0.6 is 23.1 Å². The van der Waals surface area contributed by atoms with Gasteiger partial charge in [-0.1, -0.05) is 53.8 Å². The van der Waals surface area contributed by atoms with Gasteiger partial charge in [-0.3, -0.25) is 14.8 Å². The second-order valence-electron chi connectivity index (χ2n) is 6.21. The number of anilines is 2. The van der Waals surface area contributed by atoms with E-state index in [-0.39, 0.29) is 10.5 Å². The highest BCUT2D eigenvalue weighted by atomic mass is 32.2. The van der Waals surface area contributed by atoms with E-state index in [1.807, 2.05) is 26.0 Å². The fraction of sp³-hybridized carbons (Fsp3) is 0.211. The summed E-state index contributed by atoms with van der Waals surface area (Å²) in [6.45, 7) is 5.61. The second kappa shape index (κ2) is 8.93. The van der Waals surface area contributed by atoms with Gasteiger partial charge in [-0.2, -0.15) is 0 Å². The van der Waals surface area contributed by atoms with Crippen LogP contribution in [0.3, 0.4) is 0 Å². The van der Waals surface area contributed by atoms with Crippen LogP contribution in [0, 0.1) is 13.8 Å². The predicted molar refractivity (Wildman–Crippen MR) is 117 cm³/mol. The maximum atomic E-state index is 12.8. The molecule has 7 nitrogen and oxygen atoms in total.